The molecule has 0 aliphatic heterocycles. The van der Waals surface area contributed by atoms with Crippen molar-refractivity contribution in [2.45, 2.75) is 19.6 Å². The number of alkyl halides is 1. The molecule has 0 amide bonds. The molecule has 1 atom stereocenters. The van der Waals surface area contributed by atoms with Crippen LogP contribution in [0, 0.1) is 0 Å². The molecule has 0 saturated carbocycles. The van der Waals surface area contributed by atoms with Gasteiger partial charge in [0.15, 0.2) is 6.30 Å². The normalized spacial score (nSPS) is 13.8. The lowest BCUT2D eigenvalue weighted by molar-refractivity contribution is 0.377. The van der Waals surface area contributed by atoms with Gasteiger partial charge in [0.1, 0.15) is 6.34 Å². The molecule has 0 aromatic heterocycles. The summed E-state index contributed by atoms with van der Waals surface area (Å²) in [5.41, 5.74) is 1.10. The Hall–Kier alpha value is -1.22. The second-order valence-corrected chi connectivity index (χ2v) is 3.44. The zero-order valence-corrected chi connectivity index (χ0v) is 9.15. The molecule has 2 nitrogen and oxygen atoms in total. The van der Waals surface area contributed by atoms with Gasteiger partial charge in [-0.1, -0.05) is 23.7 Å². The zero-order valence-electron chi connectivity index (χ0n) is 8.40. The summed E-state index contributed by atoms with van der Waals surface area (Å²) >= 11 is 5.73. The molecule has 15 heavy (non-hydrogen) atoms. The van der Waals surface area contributed by atoms with Crippen molar-refractivity contribution >= 4 is 24.2 Å². The molecule has 1 aromatic rings. The fourth-order valence-electron chi connectivity index (χ4n) is 0.956. The molecule has 1 unspecified atom stereocenters. The lowest BCUT2D eigenvalue weighted by Crippen LogP contribution is -1.88. The molecule has 0 radical (unpaired) electrons. The van der Waals surface area contributed by atoms with E-state index in [1.165, 1.54) is 13.3 Å². The maximum atomic E-state index is 12.2. The SMILES string of the molecule is CC(F)/N=C\N=C/Cc1ccc(Cl)cc1. The first kappa shape index (κ1) is 11.9. The number of nitrogens with zero attached hydrogens (tertiary/aromatic N) is 2. The van der Waals surface area contributed by atoms with Crippen LogP contribution in [0.5, 0.6) is 0 Å². The summed E-state index contributed by atoms with van der Waals surface area (Å²) < 4.78 is 12.2. The molecule has 0 aliphatic rings. The zero-order chi connectivity index (χ0) is 11.1. The highest BCUT2D eigenvalue weighted by Gasteiger charge is 1.90. The van der Waals surface area contributed by atoms with Gasteiger partial charge in [0, 0.05) is 17.7 Å². The van der Waals surface area contributed by atoms with Crippen molar-refractivity contribution in [3.63, 3.8) is 0 Å². The number of halogens is 2. The molecule has 4 heteroatoms. The van der Waals surface area contributed by atoms with Crippen LogP contribution in [0.2, 0.25) is 5.02 Å². The van der Waals surface area contributed by atoms with Crippen molar-refractivity contribution in [3.8, 4) is 0 Å². The van der Waals surface area contributed by atoms with Crippen molar-refractivity contribution < 1.29 is 4.39 Å². The predicted octanol–water partition coefficient (Wildman–Crippen LogP) is 3.30. The molecule has 0 N–H and O–H groups in total. The van der Waals surface area contributed by atoms with Gasteiger partial charge in [0.05, 0.1) is 0 Å². The molecular weight excluding hydrogens is 215 g/mol. The first-order chi connectivity index (χ1) is 7.18. The van der Waals surface area contributed by atoms with E-state index in [1.807, 2.05) is 24.3 Å². The largest absolute Gasteiger partial charge is 0.249 e. The minimum atomic E-state index is -1.20. The summed E-state index contributed by atoms with van der Waals surface area (Å²) in [6.45, 7) is 1.35. The average Bonchev–Trinajstić information content (AvgIpc) is 2.20. The van der Waals surface area contributed by atoms with Gasteiger partial charge in [-0.05, 0) is 24.6 Å². The second kappa shape index (κ2) is 6.30. The molecule has 0 saturated heterocycles. The van der Waals surface area contributed by atoms with Crippen molar-refractivity contribution in [2.75, 3.05) is 0 Å². The van der Waals surface area contributed by atoms with E-state index in [4.69, 9.17) is 11.6 Å². The third-order valence-corrected chi connectivity index (χ3v) is 1.94. The van der Waals surface area contributed by atoms with E-state index in [0.29, 0.717) is 11.4 Å². The number of hydrogen-bond acceptors (Lipinski definition) is 1. The van der Waals surface area contributed by atoms with E-state index in [2.05, 4.69) is 9.98 Å². The molecule has 1 rings (SSSR count). The van der Waals surface area contributed by atoms with Crippen LogP contribution in [0.3, 0.4) is 0 Å². The van der Waals surface area contributed by atoms with Crippen molar-refractivity contribution in [1.29, 1.82) is 0 Å². The molecule has 0 bridgehead atoms. The highest BCUT2D eigenvalue weighted by molar-refractivity contribution is 6.30. The first-order valence-corrected chi connectivity index (χ1v) is 4.98. The Balaban J connectivity index is 2.40. The van der Waals surface area contributed by atoms with Crippen LogP contribution in [-0.2, 0) is 6.42 Å². The highest BCUT2D eigenvalue weighted by atomic mass is 35.5. The fourth-order valence-corrected chi connectivity index (χ4v) is 1.08. The van der Waals surface area contributed by atoms with Crippen LogP contribution >= 0.6 is 11.6 Å². The lowest BCUT2D eigenvalue weighted by Gasteiger charge is -1.94. The van der Waals surface area contributed by atoms with Crippen molar-refractivity contribution in [3.05, 3.63) is 34.9 Å². The minimum Gasteiger partial charge on any atom is -0.249 e. The average molecular weight is 227 g/mol. The number of rotatable bonds is 4. The molecule has 1 aromatic carbocycles. The summed E-state index contributed by atoms with van der Waals surface area (Å²) in [6.07, 6.45) is 2.39. The fraction of sp³-hybridized carbons (Fsp3) is 0.273. The van der Waals surface area contributed by atoms with E-state index in [0.717, 1.165) is 5.56 Å². The Labute approximate surface area is 93.5 Å². The molecule has 80 valence electrons. The van der Waals surface area contributed by atoms with Crippen LogP contribution in [0.25, 0.3) is 0 Å². The Bertz CT molecular complexity index is 344. The molecule has 0 aliphatic carbocycles. The molecular formula is C11H12ClFN2. The Morgan fingerprint density at radius 1 is 1.40 bits per heavy atom. The van der Waals surface area contributed by atoms with E-state index in [1.54, 1.807) is 6.21 Å². The van der Waals surface area contributed by atoms with Crippen LogP contribution in [0.15, 0.2) is 34.3 Å². The van der Waals surface area contributed by atoms with E-state index in [-0.39, 0.29) is 0 Å². The van der Waals surface area contributed by atoms with Gasteiger partial charge in [0.2, 0.25) is 0 Å². The molecule has 0 heterocycles. The number of benzene rings is 1. The smallest absolute Gasteiger partial charge is 0.188 e. The Morgan fingerprint density at radius 3 is 2.67 bits per heavy atom. The van der Waals surface area contributed by atoms with Crippen molar-refractivity contribution in [2.24, 2.45) is 9.98 Å². The quantitative estimate of drug-likeness (QED) is 0.428. The van der Waals surface area contributed by atoms with E-state index < -0.39 is 6.30 Å². The molecule has 0 fully saturated rings. The van der Waals surface area contributed by atoms with Gasteiger partial charge < -0.3 is 0 Å². The van der Waals surface area contributed by atoms with Gasteiger partial charge in [-0.3, -0.25) is 0 Å². The van der Waals surface area contributed by atoms with Gasteiger partial charge in [-0.25, -0.2) is 14.4 Å². The number of hydrogen-bond donors (Lipinski definition) is 0. The topological polar surface area (TPSA) is 24.7 Å². The van der Waals surface area contributed by atoms with Gasteiger partial charge in [-0.15, -0.1) is 0 Å². The Kier molecular flexibility index (Phi) is 4.98. The summed E-state index contributed by atoms with van der Waals surface area (Å²) in [7, 11) is 0. The third-order valence-electron chi connectivity index (χ3n) is 1.68. The number of aliphatic imine (C=N–C) groups is 2. The van der Waals surface area contributed by atoms with Gasteiger partial charge in [-0.2, -0.15) is 0 Å². The summed E-state index contributed by atoms with van der Waals surface area (Å²) in [5, 5.41) is 0.712. The van der Waals surface area contributed by atoms with Crippen LogP contribution in [-0.4, -0.2) is 18.8 Å². The Morgan fingerprint density at radius 2 is 2.07 bits per heavy atom. The summed E-state index contributed by atoms with van der Waals surface area (Å²) in [5.74, 6) is 0. The summed E-state index contributed by atoms with van der Waals surface area (Å²) in [4.78, 5) is 7.30. The monoisotopic (exact) mass is 226 g/mol. The standard InChI is InChI=1S/C11H12ClFN2/c1-9(13)15-8-14-7-6-10-2-4-11(12)5-3-10/h2-5,7-9H,6H2,1H3/b14-7-,15-8-. The second-order valence-electron chi connectivity index (χ2n) is 3.00. The lowest BCUT2D eigenvalue weighted by atomic mass is 10.2. The third kappa shape index (κ3) is 5.27. The van der Waals surface area contributed by atoms with E-state index in [9.17, 15) is 4.39 Å². The van der Waals surface area contributed by atoms with Crippen LogP contribution in [0.1, 0.15) is 12.5 Å². The van der Waals surface area contributed by atoms with E-state index >= 15 is 0 Å². The highest BCUT2D eigenvalue weighted by Crippen LogP contribution is 2.09. The van der Waals surface area contributed by atoms with Gasteiger partial charge in [0.25, 0.3) is 0 Å². The van der Waals surface area contributed by atoms with Crippen LogP contribution in [0.4, 0.5) is 4.39 Å². The van der Waals surface area contributed by atoms with Crippen LogP contribution < -0.4 is 0 Å². The maximum Gasteiger partial charge on any atom is 0.188 e. The first-order valence-electron chi connectivity index (χ1n) is 4.60. The van der Waals surface area contributed by atoms with Crippen molar-refractivity contribution in [1.82, 2.24) is 0 Å². The predicted molar refractivity (Wildman–Crippen MR) is 62.7 cm³/mol. The molecule has 0 spiro atoms. The maximum absolute atomic E-state index is 12.2. The minimum absolute atomic E-state index is 0.684. The van der Waals surface area contributed by atoms with Gasteiger partial charge >= 0.3 is 0 Å². The summed E-state index contributed by atoms with van der Waals surface area (Å²) in [6, 6.07) is 7.48.